The Morgan fingerprint density at radius 2 is 2.00 bits per heavy atom. The summed E-state index contributed by atoms with van der Waals surface area (Å²) in [4.78, 5) is 11.7. The Bertz CT molecular complexity index is 690. The van der Waals surface area contributed by atoms with Crippen molar-refractivity contribution in [3.8, 4) is 17.6 Å². The van der Waals surface area contributed by atoms with Crippen LogP contribution in [0.5, 0.6) is 11.5 Å². The molecule has 21 heavy (non-hydrogen) atoms. The molecule has 0 aromatic heterocycles. The molecule has 0 radical (unpaired) electrons. The van der Waals surface area contributed by atoms with Crippen molar-refractivity contribution < 1.29 is 14.6 Å². The minimum absolute atomic E-state index is 0.193. The quantitative estimate of drug-likeness (QED) is 0.839. The lowest BCUT2D eigenvalue weighted by Gasteiger charge is -2.10. The van der Waals surface area contributed by atoms with Gasteiger partial charge in [0.25, 0.3) is 0 Å². The van der Waals surface area contributed by atoms with Crippen LogP contribution in [0.3, 0.4) is 0 Å². The average molecular weight is 299 g/mol. The molecule has 4 nitrogen and oxygen atoms in total. The van der Waals surface area contributed by atoms with Crippen molar-refractivity contribution in [2.75, 3.05) is 5.75 Å². The molecule has 0 saturated heterocycles. The van der Waals surface area contributed by atoms with Crippen molar-refractivity contribution >= 4 is 17.7 Å². The Hall–Kier alpha value is -2.45. The van der Waals surface area contributed by atoms with E-state index in [-0.39, 0.29) is 5.56 Å². The molecule has 5 heteroatoms. The summed E-state index contributed by atoms with van der Waals surface area (Å²) >= 11 is 1.58. The minimum atomic E-state index is -0.986. The van der Waals surface area contributed by atoms with E-state index >= 15 is 0 Å². The minimum Gasteiger partial charge on any atom is -0.478 e. The van der Waals surface area contributed by atoms with Crippen molar-refractivity contribution in [1.29, 1.82) is 5.26 Å². The Labute approximate surface area is 127 Å². The summed E-state index contributed by atoms with van der Waals surface area (Å²) in [6, 6.07) is 13.7. The molecule has 0 fully saturated rings. The number of carboxylic acid groups (broad SMARTS) is 1. The van der Waals surface area contributed by atoms with Crippen molar-refractivity contribution in [2.45, 2.75) is 11.8 Å². The number of benzene rings is 2. The molecule has 106 valence electrons. The monoisotopic (exact) mass is 299 g/mol. The molecule has 0 amide bonds. The smallest absolute Gasteiger partial charge is 0.335 e. The van der Waals surface area contributed by atoms with E-state index in [2.05, 4.69) is 6.07 Å². The van der Waals surface area contributed by atoms with Crippen LogP contribution in [0.15, 0.2) is 47.4 Å². The molecule has 0 aliphatic rings. The third kappa shape index (κ3) is 3.56. The highest BCUT2D eigenvalue weighted by atomic mass is 32.2. The van der Waals surface area contributed by atoms with Crippen LogP contribution in [0.4, 0.5) is 0 Å². The number of rotatable bonds is 5. The van der Waals surface area contributed by atoms with Gasteiger partial charge in [0.05, 0.1) is 5.56 Å². The molecule has 0 heterocycles. The summed E-state index contributed by atoms with van der Waals surface area (Å²) < 4.78 is 5.69. The van der Waals surface area contributed by atoms with Crippen LogP contribution < -0.4 is 4.74 Å². The molecule has 0 saturated carbocycles. The number of nitriles is 1. The Kier molecular flexibility index (Phi) is 4.85. The van der Waals surface area contributed by atoms with Crippen LogP contribution in [-0.4, -0.2) is 16.8 Å². The summed E-state index contributed by atoms with van der Waals surface area (Å²) in [6.07, 6.45) is 0. The lowest BCUT2D eigenvalue weighted by atomic mass is 10.2. The van der Waals surface area contributed by atoms with Crippen LogP contribution in [0.25, 0.3) is 0 Å². The topological polar surface area (TPSA) is 70.3 Å². The molecule has 2 aromatic rings. The number of carbonyl (C=O) groups is 1. The number of hydrogen-bond acceptors (Lipinski definition) is 4. The first-order chi connectivity index (χ1) is 10.2. The highest BCUT2D eigenvalue weighted by Gasteiger charge is 2.10. The zero-order valence-electron chi connectivity index (χ0n) is 11.4. The van der Waals surface area contributed by atoms with E-state index in [9.17, 15) is 10.1 Å². The van der Waals surface area contributed by atoms with Crippen LogP contribution in [0.1, 0.15) is 22.8 Å². The van der Waals surface area contributed by atoms with E-state index < -0.39 is 5.97 Å². The standard InChI is InChI=1S/C16H13NO3S/c1-2-21-15-5-3-4-14(13(15)10-17)20-12-8-6-11(7-9-12)16(18)19/h3-9H,2H2,1H3,(H,18,19). The number of nitrogens with zero attached hydrogens (tertiary/aromatic N) is 1. The van der Waals surface area contributed by atoms with E-state index in [1.807, 2.05) is 19.1 Å². The molecule has 1 N–H and O–H groups in total. The number of ether oxygens (including phenoxy) is 1. The van der Waals surface area contributed by atoms with Crippen LogP contribution in [0, 0.1) is 11.3 Å². The van der Waals surface area contributed by atoms with Gasteiger partial charge in [-0.15, -0.1) is 11.8 Å². The van der Waals surface area contributed by atoms with Gasteiger partial charge in [-0.1, -0.05) is 13.0 Å². The summed E-state index contributed by atoms with van der Waals surface area (Å²) in [5.74, 6) is 0.848. The summed E-state index contributed by atoms with van der Waals surface area (Å²) in [7, 11) is 0. The largest absolute Gasteiger partial charge is 0.478 e. The lowest BCUT2D eigenvalue weighted by molar-refractivity contribution is 0.0697. The normalized spacial score (nSPS) is 9.90. The zero-order valence-corrected chi connectivity index (χ0v) is 12.2. The number of aromatic carboxylic acids is 1. The predicted octanol–water partition coefficient (Wildman–Crippen LogP) is 4.16. The van der Waals surface area contributed by atoms with Gasteiger partial charge < -0.3 is 9.84 Å². The molecule has 0 bridgehead atoms. The molecule has 2 rings (SSSR count). The third-order valence-corrected chi connectivity index (χ3v) is 3.67. The second-order valence-electron chi connectivity index (χ2n) is 4.11. The molecule has 0 spiro atoms. The maximum absolute atomic E-state index is 10.8. The second kappa shape index (κ2) is 6.82. The zero-order chi connectivity index (χ0) is 15.2. The Morgan fingerprint density at radius 1 is 1.29 bits per heavy atom. The van der Waals surface area contributed by atoms with E-state index in [0.29, 0.717) is 17.1 Å². The highest BCUT2D eigenvalue weighted by molar-refractivity contribution is 7.99. The van der Waals surface area contributed by atoms with Crippen LogP contribution >= 0.6 is 11.8 Å². The van der Waals surface area contributed by atoms with E-state index in [4.69, 9.17) is 9.84 Å². The highest BCUT2D eigenvalue weighted by Crippen LogP contribution is 2.32. The van der Waals surface area contributed by atoms with Gasteiger partial charge in [-0.25, -0.2) is 4.79 Å². The van der Waals surface area contributed by atoms with Crippen molar-refractivity contribution in [2.24, 2.45) is 0 Å². The number of thioether (sulfide) groups is 1. The van der Waals surface area contributed by atoms with E-state index in [0.717, 1.165) is 10.6 Å². The lowest BCUT2D eigenvalue weighted by Crippen LogP contribution is -1.96. The van der Waals surface area contributed by atoms with E-state index in [1.165, 1.54) is 12.1 Å². The van der Waals surface area contributed by atoms with Gasteiger partial charge in [-0.3, -0.25) is 0 Å². The average Bonchev–Trinajstić information content (AvgIpc) is 2.48. The molecule has 0 unspecified atom stereocenters. The van der Waals surface area contributed by atoms with Crippen molar-refractivity contribution in [1.82, 2.24) is 0 Å². The fourth-order valence-electron chi connectivity index (χ4n) is 1.77. The first kappa shape index (κ1) is 14.9. The second-order valence-corrected chi connectivity index (χ2v) is 5.41. The van der Waals surface area contributed by atoms with Gasteiger partial charge in [-0.2, -0.15) is 5.26 Å². The SMILES string of the molecule is CCSc1cccc(Oc2ccc(C(=O)O)cc2)c1C#N. The van der Waals surface area contributed by atoms with Gasteiger partial charge in [-0.05, 0) is 42.2 Å². The first-order valence-corrected chi connectivity index (χ1v) is 7.31. The predicted molar refractivity (Wildman–Crippen MR) is 81.0 cm³/mol. The molecule has 2 aromatic carbocycles. The maximum atomic E-state index is 10.8. The molecule has 0 aliphatic carbocycles. The number of carboxylic acids is 1. The summed E-state index contributed by atoms with van der Waals surface area (Å²) in [5, 5.41) is 18.2. The first-order valence-electron chi connectivity index (χ1n) is 6.32. The van der Waals surface area contributed by atoms with E-state index in [1.54, 1.807) is 30.0 Å². The van der Waals surface area contributed by atoms with Gasteiger partial charge in [0, 0.05) is 4.90 Å². The Balaban J connectivity index is 2.29. The Morgan fingerprint density at radius 3 is 2.57 bits per heavy atom. The fraction of sp³-hybridized carbons (Fsp3) is 0.125. The molecule has 0 aliphatic heterocycles. The molecule has 0 atom stereocenters. The third-order valence-electron chi connectivity index (χ3n) is 2.73. The van der Waals surface area contributed by atoms with Gasteiger partial charge in [0.2, 0.25) is 0 Å². The van der Waals surface area contributed by atoms with Crippen molar-refractivity contribution in [3.63, 3.8) is 0 Å². The number of hydrogen-bond donors (Lipinski definition) is 1. The molecular weight excluding hydrogens is 286 g/mol. The molecular formula is C16H13NO3S. The summed E-state index contributed by atoms with van der Waals surface area (Å²) in [5.41, 5.74) is 0.685. The van der Waals surface area contributed by atoms with Gasteiger partial charge in [0.15, 0.2) is 0 Å². The van der Waals surface area contributed by atoms with Crippen molar-refractivity contribution in [3.05, 3.63) is 53.6 Å². The fourth-order valence-corrected chi connectivity index (χ4v) is 2.55. The van der Waals surface area contributed by atoms with Gasteiger partial charge in [0.1, 0.15) is 23.1 Å². The van der Waals surface area contributed by atoms with Crippen LogP contribution in [-0.2, 0) is 0 Å². The van der Waals surface area contributed by atoms with Crippen LogP contribution in [0.2, 0.25) is 0 Å². The summed E-state index contributed by atoms with van der Waals surface area (Å²) in [6.45, 7) is 2.02. The maximum Gasteiger partial charge on any atom is 0.335 e. The van der Waals surface area contributed by atoms with Gasteiger partial charge >= 0.3 is 5.97 Å².